The Labute approximate surface area is 83.8 Å². The van der Waals surface area contributed by atoms with E-state index < -0.39 is 0 Å². The van der Waals surface area contributed by atoms with Gasteiger partial charge in [0.15, 0.2) is 0 Å². The molecular formula is C12H25N. The summed E-state index contributed by atoms with van der Waals surface area (Å²) in [4.78, 5) is 2.26. The van der Waals surface area contributed by atoms with Crippen molar-refractivity contribution in [2.75, 3.05) is 20.6 Å². The van der Waals surface area contributed by atoms with Crippen LogP contribution in [0.4, 0.5) is 0 Å². The zero-order valence-corrected chi connectivity index (χ0v) is 9.71. The smallest absolute Gasteiger partial charge is 0.00221 e. The van der Waals surface area contributed by atoms with Crippen molar-refractivity contribution in [2.24, 2.45) is 11.8 Å². The Balaban J connectivity index is 3.72. The first-order chi connectivity index (χ1) is 6.06. The average Bonchev–Trinajstić information content (AvgIpc) is 1.99. The first-order valence-corrected chi connectivity index (χ1v) is 5.31. The summed E-state index contributed by atoms with van der Waals surface area (Å²) in [5, 5.41) is 0. The maximum Gasteiger partial charge on any atom is -0.00221 e. The lowest BCUT2D eigenvalue weighted by Crippen LogP contribution is -2.17. The molecule has 0 bridgehead atoms. The van der Waals surface area contributed by atoms with Crippen molar-refractivity contribution < 1.29 is 0 Å². The highest BCUT2D eigenvalue weighted by molar-refractivity contribution is 4.74. The molecule has 0 rings (SSSR count). The molecule has 78 valence electrons. The van der Waals surface area contributed by atoms with Crippen molar-refractivity contribution in [1.82, 2.24) is 4.90 Å². The Kier molecular flexibility index (Phi) is 6.97. The summed E-state index contributed by atoms with van der Waals surface area (Å²) in [5.41, 5.74) is 0. The van der Waals surface area contributed by atoms with Gasteiger partial charge in [0.25, 0.3) is 0 Å². The summed E-state index contributed by atoms with van der Waals surface area (Å²) in [6.07, 6.45) is 5.87. The summed E-state index contributed by atoms with van der Waals surface area (Å²) >= 11 is 0. The van der Waals surface area contributed by atoms with Gasteiger partial charge in [-0.3, -0.25) is 0 Å². The van der Waals surface area contributed by atoms with Crippen LogP contribution in [0, 0.1) is 11.8 Å². The van der Waals surface area contributed by atoms with Crippen LogP contribution < -0.4 is 0 Å². The molecule has 0 aliphatic rings. The molecule has 0 saturated carbocycles. The number of rotatable bonds is 7. The number of allylic oxidation sites excluding steroid dienone is 1. The molecule has 0 aromatic carbocycles. The second kappa shape index (κ2) is 7.14. The number of nitrogens with zero attached hydrogens (tertiary/aromatic N) is 1. The second-order valence-electron chi connectivity index (χ2n) is 4.61. The van der Waals surface area contributed by atoms with Gasteiger partial charge in [0.05, 0.1) is 0 Å². The number of hydrogen-bond donors (Lipinski definition) is 0. The molecule has 0 radical (unpaired) electrons. The molecule has 0 amide bonds. The monoisotopic (exact) mass is 183 g/mol. The van der Waals surface area contributed by atoms with Gasteiger partial charge in [-0.1, -0.05) is 19.9 Å². The zero-order valence-electron chi connectivity index (χ0n) is 9.71. The summed E-state index contributed by atoms with van der Waals surface area (Å²) in [6, 6.07) is 0. The van der Waals surface area contributed by atoms with E-state index in [-0.39, 0.29) is 0 Å². The van der Waals surface area contributed by atoms with Crippen LogP contribution >= 0.6 is 0 Å². The molecule has 0 aromatic rings. The second-order valence-corrected chi connectivity index (χ2v) is 4.61. The van der Waals surface area contributed by atoms with E-state index in [2.05, 4.69) is 45.5 Å². The Morgan fingerprint density at radius 1 is 1.31 bits per heavy atom. The summed E-state index contributed by atoms with van der Waals surface area (Å²) in [5.74, 6) is 1.65. The fourth-order valence-electron chi connectivity index (χ4n) is 1.68. The lowest BCUT2D eigenvalue weighted by Gasteiger charge is -2.19. The summed E-state index contributed by atoms with van der Waals surface area (Å²) in [6.45, 7) is 9.62. The van der Waals surface area contributed by atoms with Crippen LogP contribution in [0.25, 0.3) is 0 Å². The minimum atomic E-state index is 0.812. The van der Waals surface area contributed by atoms with E-state index in [1.807, 2.05) is 0 Å². The van der Waals surface area contributed by atoms with Gasteiger partial charge < -0.3 is 4.90 Å². The molecule has 1 unspecified atom stereocenters. The van der Waals surface area contributed by atoms with E-state index in [1.54, 1.807) is 0 Å². The van der Waals surface area contributed by atoms with Gasteiger partial charge in [0, 0.05) is 0 Å². The van der Waals surface area contributed by atoms with Crippen LogP contribution in [-0.4, -0.2) is 25.5 Å². The van der Waals surface area contributed by atoms with E-state index in [0.29, 0.717) is 0 Å². The lowest BCUT2D eigenvalue weighted by atomic mass is 9.91. The predicted octanol–water partition coefficient (Wildman–Crippen LogP) is 3.18. The molecule has 13 heavy (non-hydrogen) atoms. The first-order valence-electron chi connectivity index (χ1n) is 5.31. The van der Waals surface area contributed by atoms with E-state index in [9.17, 15) is 0 Å². The Hall–Kier alpha value is -0.300. The first kappa shape index (κ1) is 12.7. The van der Waals surface area contributed by atoms with Crippen LogP contribution in [0.5, 0.6) is 0 Å². The van der Waals surface area contributed by atoms with Crippen molar-refractivity contribution in [3.63, 3.8) is 0 Å². The minimum absolute atomic E-state index is 0.812. The van der Waals surface area contributed by atoms with Gasteiger partial charge in [-0.25, -0.2) is 0 Å². The van der Waals surface area contributed by atoms with E-state index in [1.165, 1.54) is 25.8 Å². The standard InChI is InChI=1S/C12H25N/c1-6-7-12(10-11(2)3)8-9-13(4)5/h6,11-12H,1,7-10H2,2-5H3. The number of hydrogen-bond acceptors (Lipinski definition) is 1. The van der Waals surface area contributed by atoms with Crippen LogP contribution in [0.2, 0.25) is 0 Å². The highest BCUT2D eigenvalue weighted by Crippen LogP contribution is 2.19. The topological polar surface area (TPSA) is 3.24 Å². The van der Waals surface area contributed by atoms with Crippen LogP contribution in [0.1, 0.15) is 33.1 Å². The molecule has 0 N–H and O–H groups in total. The third-order valence-corrected chi connectivity index (χ3v) is 2.29. The fraction of sp³-hybridized carbons (Fsp3) is 0.833. The van der Waals surface area contributed by atoms with Gasteiger partial charge in [-0.15, -0.1) is 6.58 Å². The van der Waals surface area contributed by atoms with Crippen molar-refractivity contribution in [2.45, 2.75) is 33.1 Å². The highest BCUT2D eigenvalue weighted by Gasteiger charge is 2.09. The Bertz CT molecular complexity index is 127. The Morgan fingerprint density at radius 2 is 1.92 bits per heavy atom. The van der Waals surface area contributed by atoms with Gasteiger partial charge >= 0.3 is 0 Å². The Morgan fingerprint density at radius 3 is 2.31 bits per heavy atom. The zero-order chi connectivity index (χ0) is 10.3. The maximum absolute atomic E-state index is 3.82. The van der Waals surface area contributed by atoms with E-state index in [4.69, 9.17) is 0 Å². The van der Waals surface area contributed by atoms with Crippen molar-refractivity contribution in [1.29, 1.82) is 0 Å². The molecule has 0 aliphatic heterocycles. The van der Waals surface area contributed by atoms with Crippen LogP contribution in [0.15, 0.2) is 12.7 Å². The molecular weight excluding hydrogens is 158 g/mol. The highest BCUT2D eigenvalue weighted by atomic mass is 15.0. The third-order valence-electron chi connectivity index (χ3n) is 2.29. The normalized spacial score (nSPS) is 13.7. The van der Waals surface area contributed by atoms with Crippen LogP contribution in [-0.2, 0) is 0 Å². The maximum atomic E-state index is 3.82. The third kappa shape index (κ3) is 8.04. The molecule has 0 spiro atoms. The SMILES string of the molecule is C=CCC(CCN(C)C)CC(C)C. The lowest BCUT2D eigenvalue weighted by molar-refractivity contribution is 0.318. The molecule has 1 nitrogen and oxygen atoms in total. The van der Waals surface area contributed by atoms with E-state index >= 15 is 0 Å². The van der Waals surface area contributed by atoms with Crippen molar-refractivity contribution in [3.8, 4) is 0 Å². The van der Waals surface area contributed by atoms with Gasteiger partial charge in [-0.05, 0) is 51.7 Å². The summed E-state index contributed by atoms with van der Waals surface area (Å²) in [7, 11) is 4.28. The van der Waals surface area contributed by atoms with Gasteiger partial charge in [0.2, 0.25) is 0 Å². The van der Waals surface area contributed by atoms with Crippen LogP contribution in [0.3, 0.4) is 0 Å². The molecule has 0 aliphatic carbocycles. The van der Waals surface area contributed by atoms with Crippen molar-refractivity contribution in [3.05, 3.63) is 12.7 Å². The minimum Gasteiger partial charge on any atom is -0.309 e. The average molecular weight is 183 g/mol. The van der Waals surface area contributed by atoms with Gasteiger partial charge in [0.1, 0.15) is 0 Å². The van der Waals surface area contributed by atoms with E-state index in [0.717, 1.165) is 11.8 Å². The molecule has 0 fully saturated rings. The molecule has 0 heterocycles. The fourth-order valence-corrected chi connectivity index (χ4v) is 1.68. The van der Waals surface area contributed by atoms with Crippen molar-refractivity contribution >= 4 is 0 Å². The predicted molar refractivity (Wildman–Crippen MR) is 60.9 cm³/mol. The molecule has 0 saturated heterocycles. The molecule has 0 aromatic heterocycles. The molecule has 1 atom stereocenters. The largest absolute Gasteiger partial charge is 0.309 e. The quantitative estimate of drug-likeness (QED) is 0.548. The van der Waals surface area contributed by atoms with Gasteiger partial charge in [-0.2, -0.15) is 0 Å². The molecule has 1 heteroatoms. The summed E-state index contributed by atoms with van der Waals surface area (Å²) < 4.78 is 0.